The summed E-state index contributed by atoms with van der Waals surface area (Å²) in [4.78, 5) is 26.3. The maximum Gasteiger partial charge on any atom is 0.321 e. The van der Waals surface area contributed by atoms with Crippen LogP contribution in [0, 0.1) is 0 Å². The predicted octanol–water partition coefficient (Wildman–Crippen LogP) is 2.31. The van der Waals surface area contributed by atoms with E-state index in [2.05, 4.69) is 10.6 Å². The van der Waals surface area contributed by atoms with Crippen LogP contribution in [0.4, 0.5) is 16.2 Å². The van der Waals surface area contributed by atoms with E-state index in [1.807, 2.05) is 0 Å². The van der Waals surface area contributed by atoms with Crippen LogP contribution in [0.2, 0.25) is 0 Å². The summed E-state index contributed by atoms with van der Waals surface area (Å²) in [7, 11) is -3.66. The Morgan fingerprint density at radius 2 is 1.79 bits per heavy atom. The quantitative estimate of drug-likeness (QED) is 0.775. The van der Waals surface area contributed by atoms with Crippen molar-refractivity contribution in [1.29, 1.82) is 0 Å². The van der Waals surface area contributed by atoms with E-state index < -0.39 is 15.9 Å². The molecular formula is C18H20N4O4S2. The van der Waals surface area contributed by atoms with Crippen LogP contribution in [0.5, 0.6) is 0 Å². The lowest BCUT2D eigenvalue weighted by Gasteiger charge is -2.16. The molecule has 2 N–H and O–H groups in total. The molecule has 0 bridgehead atoms. The fourth-order valence-electron chi connectivity index (χ4n) is 3.36. The third-order valence-corrected chi connectivity index (χ3v) is 7.80. The van der Waals surface area contributed by atoms with Crippen LogP contribution in [0.3, 0.4) is 0 Å². The van der Waals surface area contributed by atoms with Crippen LogP contribution < -0.4 is 15.5 Å². The first-order valence-corrected chi connectivity index (χ1v) is 11.3. The molecule has 0 unspecified atom stereocenters. The van der Waals surface area contributed by atoms with Crippen LogP contribution in [0.1, 0.15) is 22.5 Å². The third kappa shape index (κ3) is 3.50. The number of sulfonamides is 1. The van der Waals surface area contributed by atoms with Gasteiger partial charge in [-0.2, -0.15) is 4.31 Å². The fourth-order valence-corrected chi connectivity index (χ4v) is 6.18. The Kier molecular flexibility index (Phi) is 5.09. The standard InChI is InChI=1S/C18H20N4O4S2/c23-17(16-15(7-12-27-16)28(25,26)21-9-1-2-10-21)20-13-3-5-14(6-4-13)22-11-8-19-18(22)24/h3-7,12H,1-2,8-11H2,(H,19,24)(H,20,23). The van der Waals surface area contributed by atoms with Gasteiger partial charge in [0.15, 0.2) is 0 Å². The molecule has 0 radical (unpaired) electrons. The highest BCUT2D eigenvalue weighted by molar-refractivity contribution is 7.89. The van der Waals surface area contributed by atoms with Crippen LogP contribution in [0.25, 0.3) is 0 Å². The average Bonchev–Trinajstić information content (AvgIpc) is 3.44. The molecule has 8 nitrogen and oxygen atoms in total. The van der Waals surface area contributed by atoms with E-state index in [0.717, 1.165) is 29.9 Å². The number of benzene rings is 1. The van der Waals surface area contributed by atoms with Crippen LogP contribution in [-0.4, -0.2) is 50.8 Å². The number of hydrogen-bond acceptors (Lipinski definition) is 5. The van der Waals surface area contributed by atoms with Crippen LogP contribution >= 0.6 is 11.3 Å². The number of thiophene rings is 1. The number of nitrogens with zero attached hydrogens (tertiary/aromatic N) is 2. The second kappa shape index (κ2) is 7.53. The molecule has 28 heavy (non-hydrogen) atoms. The molecule has 148 valence electrons. The highest BCUT2D eigenvalue weighted by atomic mass is 32.2. The molecule has 4 rings (SSSR count). The molecule has 1 aromatic heterocycles. The molecule has 2 aromatic rings. The monoisotopic (exact) mass is 420 g/mol. The van der Waals surface area contributed by atoms with Crippen LogP contribution in [0.15, 0.2) is 40.6 Å². The van der Waals surface area contributed by atoms with Gasteiger partial charge >= 0.3 is 6.03 Å². The average molecular weight is 421 g/mol. The zero-order chi connectivity index (χ0) is 19.7. The SMILES string of the molecule is O=C(Nc1ccc(N2CCNC2=O)cc1)c1sccc1S(=O)(=O)N1CCCC1. The van der Waals surface area contributed by atoms with Crippen molar-refractivity contribution in [3.05, 3.63) is 40.6 Å². The van der Waals surface area contributed by atoms with E-state index in [4.69, 9.17) is 0 Å². The fraction of sp³-hybridized carbons (Fsp3) is 0.333. The predicted molar refractivity (Wildman–Crippen MR) is 107 cm³/mol. The van der Waals surface area contributed by atoms with E-state index in [9.17, 15) is 18.0 Å². The summed E-state index contributed by atoms with van der Waals surface area (Å²) in [5.74, 6) is -0.459. The van der Waals surface area contributed by atoms with E-state index >= 15 is 0 Å². The van der Waals surface area contributed by atoms with Crippen molar-refractivity contribution >= 4 is 44.7 Å². The number of urea groups is 1. The van der Waals surface area contributed by atoms with Crippen molar-refractivity contribution in [2.45, 2.75) is 17.7 Å². The Balaban J connectivity index is 1.50. The number of hydrogen-bond donors (Lipinski definition) is 2. The van der Waals surface area contributed by atoms with Gasteiger partial charge in [0.25, 0.3) is 5.91 Å². The molecule has 10 heteroatoms. The lowest BCUT2D eigenvalue weighted by molar-refractivity contribution is 0.102. The van der Waals surface area contributed by atoms with Crippen molar-refractivity contribution in [2.24, 2.45) is 0 Å². The van der Waals surface area contributed by atoms with Crippen molar-refractivity contribution in [2.75, 3.05) is 36.4 Å². The molecular weight excluding hydrogens is 400 g/mol. The van der Waals surface area contributed by atoms with Crippen molar-refractivity contribution in [3.8, 4) is 0 Å². The van der Waals surface area contributed by atoms with Gasteiger partial charge in [0, 0.05) is 37.6 Å². The lowest BCUT2D eigenvalue weighted by atomic mass is 10.2. The van der Waals surface area contributed by atoms with E-state index in [1.54, 1.807) is 34.5 Å². The Morgan fingerprint density at radius 1 is 1.07 bits per heavy atom. The number of nitrogens with one attached hydrogen (secondary N) is 2. The molecule has 1 aromatic carbocycles. The smallest absolute Gasteiger partial charge is 0.321 e. The summed E-state index contributed by atoms with van der Waals surface area (Å²) in [6.45, 7) is 2.18. The molecule has 0 saturated carbocycles. The third-order valence-electron chi connectivity index (χ3n) is 4.81. The van der Waals surface area contributed by atoms with Gasteiger partial charge in [0.05, 0.1) is 0 Å². The highest BCUT2D eigenvalue weighted by Crippen LogP contribution is 2.28. The Bertz CT molecular complexity index is 995. The maximum absolute atomic E-state index is 12.8. The molecule has 2 aliphatic heterocycles. The number of carbonyl (C=O) groups excluding carboxylic acids is 2. The summed E-state index contributed by atoms with van der Waals surface area (Å²) in [5.41, 5.74) is 1.27. The summed E-state index contributed by atoms with van der Waals surface area (Å²) >= 11 is 1.11. The van der Waals surface area contributed by atoms with Crippen molar-refractivity contribution in [3.63, 3.8) is 0 Å². The van der Waals surface area contributed by atoms with Gasteiger partial charge in [0.2, 0.25) is 10.0 Å². The minimum atomic E-state index is -3.66. The van der Waals surface area contributed by atoms with E-state index in [0.29, 0.717) is 31.9 Å². The Hall–Kier alpha value is -2.43. The van der Waals surface area contributed by atoms with Gasteiger partial charge in [-0.1, -0.05) is 0 Å². The molecule has 2 fully saturated rings. The molecule has 3 heterocycles. The van der Waals surface area contributed by atoms with Crippen molar-refractivity contribution < 1.29 is 18.0 Å². The first-order chi connectivity index (χ1) is 13.5. The van der Waals surface area contributed by atoms with Crippen molar-refractivity contribution in [1.82, 2.24) is 9.62 Å². The topological polar surface area (TPSA) is 98.8 Å². The summed E-state index contributed by atoms with van der Waals surface area (Å²) in [5, 5.41) is 7.10. The number of rotatable bonds is 5. The molecule has 2 saturated heterocycles. The minimum absolute atomic E-state index is 0.0576. The van der Waals surface area contributed by atoms with E-state index in [-0.39, 0.29) is 15.8 Å². The van der Waals surface area contributed by atoms with Gasteiger partial charge < -0.3 is 10.6 Å². The van der Waals surface area contributed by atoms with Gasteiger partial charge in [-0.3, -0.25) is 9.69 Å². The second-order valence-electron chi connectivity index (χ2n) is 6.61. The Labute approximate surface area is 167 Å². The highest BCUT2D eigenvalue weighted by Gasteiger charge is 2.32. The van der Waals surface area contributed by atoms with E-state index in [1.165, 1.54) is 10.4 Å². The molecule has 3 amide bonds. The summed E-state index contributed by atoms with van der Waals surface area (Å²) < 4.78 is 27.0. The maximum atomic E-state index is 12.8. The molecule has 0 spiro atoms. The number of carbonyl (C=O) groups is 2. The Morgan fingerprint density at radius 3 is 2.43 bits per heavy atom. The largest absolute Gasteiger partial charge is 0.336 e. The summed E-state index contributed by atoms with van der Waals surface area (Å²) in [6.07, 6.45) is 1.68. The molecule has 0 atom stereocenters. The number of anilines is 2. The minimum Gasteiger partial charge on any atom is -0.336 e. The van der Waals surface area contributed by atoms with Gasteiger partial charge in [-0.05, 0) is 48.6 Å². The van der Waals surface area contributed by atoms with Gasteiger partial charge in [-0.15, -0.1) is 11.3 Å². The molecule has 0 aliphatic carbocycles. The van der Waals surface area contributed by atoms with Gasteiger partial charge in [-0.25, -0.2) is 13.2 Å². The summed E-state index contributed by atoms with van der Waals surface area (Å²) in [6, 6.07) is 8.23. The molecule has 2 aliphatic rings. The number of amides is 3. The van der Waals surface area contributed by atoms with Gasteiger partial charge in [0.1, 0.15) is 9.77 Å². The first kappa shape index (κ1) is 18.9. The first-order valence-electron chi connectivity index (χ1n) is 9.01. The zero-order valence-electron chi connectivity index (χ0n) is 15.1. The second-order valence-corrected chi connectivity index (χ2v) is 9.43. The normalized spacial score (nSPS) is 17.7. The lowest BCUT2D eigenvalue weighted by Crippen LogP contribution is -2.29. The van der Waals surface area contributed by atoms with Crippen LogP contribution in [-0.2, 0) is 10.0 Å². The zero-order valence-corrected chi connectivity index (χ0v) is 16.7.